The summed E-state index contributed by atoms with van der Waals surface area (Å²) >= 11 is 0. The first kappa shape index (κ1) is 6.13. The maximum atomic E-state index is 4.62. The van der Waals surface area contributed by atoms with Crippen LogP contribution in [-0.2, 0) is 4.52 Å². The zero-order valence-corrected chi connectivity index (χ0v) is 5.05. The molecular weight excluding hydrogens is 95.0 g/mol. The summed E-state index contributed by atoms with van der Waals surface area (Å²) in [7, 11) is 2.16. The molecule has 0 radical (unpaired) electrons. The normalized spacial score (nSPS) is 8.33. The van der Waals surface area contributed by atoms with E-state index < -0.39 is 0 Å². The van der Waals surface area contributed by atoms with Gasteiger partial charge in [0.15, 0.2) is 0 Å². The Balaban J connectivity index is 2.83. The number of hydrogen-bond donors (Lipinski definition) is 0. The zero-order valence-electron chi connectivity index (χ0n) is 3.90. The fraction of sp³-hybridized carbons (Fsp3) is 0.500. The molecule has 1 atom stereocenters. The van der Waals surface area contributed by atoms with E-state index in [9.17, 15) is 0 Å². The lowest BCUT2D eigenvalue weighted by Gasteiger charge is -1.90. The molecule has 1 unspecified atom stereocenters. The summed E-state index contributed by atoms with van der Waals surface area (Å²) in [6.45, 7) is 6.17. The van der Waals surface area contributed by atoms with Gasteiger partial charge >= 0.3 is 0 Å². The lowest BCUT2D eigenvalue weighted by Crippen LogP contribution is -1.79. The molecule has 1 nitrogen and oxygen atoms in total. The lowest BCUT2D eigenvalue weighted by molar-refractivity contribution is 0.414. The Labute approximate surface area is 40.7 Å². The summed E-state index contributed by atoms with van der Waals surface area (Å²) in [6.07, 6.45) is 0. The van der Waals surface area contributed by atoms with E-state index in [4.69, 9.17) is 0 Å². The number of hydrogen-bond acceptors (Lipinski definition) is 1. The van der Waals surface area contributed by atoms with Crippen molar-refractivity contribution in [3.63, 3.8) is 0 Å². The highest BCUT2D eigenvalue weighted by Gasteiger charge is 1.75. The van der Waals surface area contributed by atoms with Crippen molar-refractivity contribution in [2.24, 2.45) is 0 Å². The van der Waals surface area contributed by atoms with Gasteiger partial charge in [-0.15, -0.1) is 0 Å². The summed E-state index contributed by atoms with van der Waals surface area (Å²) in [6, 6.07) is 0. The van der Waals surface area contributed by atoms with Gasteiger partial charge in [-0.25, -0.2) is 0 Å². The van der Waals surface area contributed by atoms with Crippen LogP contribution < -0.4 is 0 Å². The zero-order chi connectivity index (χ0) is 4.99. The maximum Gasteiger partial charge on any atom is 0.0707 e. The Kier molecular flexibility index (Phi) is 3.40. The minimum Gasteiger partial charge on any atom is -0.361 e. The van der Waals surface area contributed by atoms with Gasteiger partial charge in [0.2, 0.25) is 0 Å². The lowest BCUT2D eigenvalue weighted by atomic mass is 10.4. The van der Waals surface area contributed by atoms with Gasteiger partial charge < -0.3 is 4.52 Å². The summed E-state index contributed by atoms with van der Waals surface area (Å²) < 4.78 is 4.62. The fourth-order valence-electron chi connectivity index (χ4n) is 0.142. The second-order valence-electron chi connectivity index (χ2n) is 1.27. The van der Waals surface area contributed by atoms with Crippen LogP contribution in [0.4, 0.5) is 0 Å². The van der Waals surface area contributed by atoms with Crippen molar-refractivity contribution in [1.82, 2.24) is 0 Å². The Morgan fingerprint density at radius 1 is 2.00 bits per heavy atom. The van der Waals surface area contributed by atoms with Crippen molar-refractivity contribution in [3.8, 4) is 0 Å². The Bertz CT molecular complexity index is 51.5. The topological polar surface area (TPSA) is 9.23 Å². The third-order valence-corrected chi connectivity index (χ3v) is 0.496. The van der Waals surface area contributed by atoms with Crippen molar-refractivity contribution >= 4 is 9.47 Å². The highest BCUT2D eigenvalue weighted by atomic mass is 31.0. The third-order valence-electron chi connectivity index (χ3n) is 0.330. The van der Waals surface area contributed by atoms with Crippen molar-refractivity contribution in [2.45, 2.75) is 6.92 Å². The second-order valence-corrected chi connectivity index (χ2v) is 1.60. The first-order valence-electron chi connectivity index (χ1n) is 1.73. The maximum absolute atomic E-state index is 4.62. The first-order chi connectivity index (χ1) is 2.77. The first-order valence-corrected chi connectivity index (χ1v) is 2.20. The Morgan fingerprint density at radius 3 is 2.50 bits per heavy atom. The molecule has 0 heterocycles. The van der Waals surface area contributed by atoms with Gasteiger partial charge in [-0.05, 0) is 6.92 Å². The summed E-state index contributed by atoms with van der Waals surface area (Å²) in [5.74, 6) is 0. The molecule has 0 bridgehead atoms. The largest absolute Gasteiger partial charge is 0.361 e. The van der Waals surface area contributed by atoms with E-state index in [1.165, 1.54) is 0 Å². The molecule has 0 saturated carbocycles. The minimum atomic E-state index is 0.644. The van der Waals surface area contributed by atoms with Crippen molar-refractivity contribution in [3.05, 3.63) is 12.2 Å². The van der Waals surface area contributed by atoms with Crippen LogP contribution in [0.15, 0.2) is 12.2 Å². The average molecular weight is 104 g/mol. The molecule has 0 saturated heterocycles. The predicted molar refractivity (Wildman–Crippen MR) is 30.5 cm³/mol. The minimum absolute atomic E-state index is 0.644. The van der Waals surface area contributed by atoms with Gasteiger partial charge in [-0.1, -0.05) is 12.2 Å². The Hall–Kier alpha value is 0.130. The molecule has 0 aromatic rings. The molecule has 6 heavy (non-hydrogen) atoms. The molecule has 0 aromatic heterocycles. The van der Waals surface area contributed by atoms with E-state index in [0.29, 0.717) is 6.61 Å². The summed E-state index contributed by atoms with van der Waals surface area (Å²) in [5, 5.41) is 0. The van der Waals surface area contributed by atoms with Crippen LogP contribution in [0.2, 0.25) is 0 Å². The molecule has 0 fully saturated rings. The van der Waals surface area contributed by atoms with E-state index in [1.807, 2.05) is 6.92 Å². The van der Waals surface area contributed by atoms with Crippen LogP contribution in [0.1, 0.15) is 6.92 Å². The van der Waals surface area contributed by atoms with E-state index in [1.54, 1.807) is 0 Å². The molecule has 36 valence electrons. The van der Waals surface area contributed by atoms with Gasteiger partial charge in [0.1, 0.15) is 0 Å². The molecule has 0 N–H and O–H groups in total. The van der Waals surface area contributed by atoms with E-state index in [-0.39, 0.29) is 0 Å². The van der Waals surface area contributed by atoms with E-state index in [2.05, 4.69) is 20.6 Å². The smallest absolute Gasteiger partial charge is 0.0707 e. The van der Waals surface area contributed by atoms with E-state index in [0.717, 1.165) is 5.57 Å². The van der Waals surface area contributed by atoms with Gasteiger partial charge in [0.05, 0.1) is 6.61 Å². The molecule has 0 aliphatic heterocycles. The van der Waals surface area contributed by atoms with Crippen LogP contribution in [0, 0.1) is 0 Å². The quantitative estimate of drug-likeness (QED) is 0.379. The molecule has 0 aromatic carbocycles. The van der Waals surface area contributed by atoms with Crippen LogP contribution >= 0.6 is 9.47 Å². The highest BCUT2D eigenvalue weighted by molar-refractivity contribution is 7.09. The van der Waals surface area contributed by atoms with Crippen LogP contribution in [-0.4, -0.2) is 6.61 Å². The number of rotatable bonds is 2. The molecular formula is C4H9OP. The molecule has 0 spiro atoms. The predicted octanol–water partition coefficient (Wildman–Crippen LogP) is 1.37. The van der Waals surface area contributed by atoms with Gasteiger partial charge in [-0.3, -0.25) is 0 Å². The molecule has 0 aliphatic rings. The van der Waals surface area contributed by atoms with Crippen molar-refractivity contribution < 1.29 is 4.52 Å². The molecule has 0 amide bonds. The van der Waals surface area contributed by atoms with Crippen LogP contribution in [0.5, 0.6) is 0 Å². The van der Waals surface area contributed by atoms with Crippen LogP contribution in [0.3, 0.4) is 0 Å². The Morgan fingerprint density at radius 2 is 2.50 bits per heavy atom. The third kappa shape index (κ3) is 4.13. The monoisotopic (exact) mass is 104 g/mol. The van der Waals surface area contributed by atoms with Gasteiger partial charge in [0.25, 0.3) is 0 Å². The van der Waals surface area contributed by atoms with E-state index >= 15 is 0 Å². The SMILES string of the molecule is C=C(C)COP. The highest BCUT2D eigenvalue weighted by Crippen LogP contribution is 1.91. The molecule has 2 heteroatoms. The average Bonchev–Trinajstić information content (AvgIpc) is 1.35. The van der Waals surface area contributed by atoms with Crippen LogP contribution in [0.25, 0.3) is 0 Å². The van der Waals surface area contributed by atoms with Crippen molar-refractivity contribution in [2.75, 3.05) is 6.61 Å². The summed E-state index contributed by atoms with van der Waals surface area (Å²) in [4.78, 5) is 0. The summed E-state index contributed by atoms with van der Waals surface area (Å²) in [5.41, 5.74) is 1.05. The van der Waals surface area contributed by atoms with Crippen molar-refractivity contribution in [1.29, 1.82) is 0 Å². The fourth-order valence-corrected chi connectivity index (χ4v) is 0.427. The second kappa shape index (κ2) is 3.32. The molecule has 0 aliphatic carbocycles. The van der Waals surface area contributed by atoms with Gasteiger partial charge in [0, 0.05) is 9.47 Å². The molecule has 0 rings (SSSR count). The van der Waals surface area contributed by atoms with Gasteiger partial charge in [-0.2, -0.15) is 0 Å². The standard InChI is InChI=1S/C4H9OP/c1-4(2)3-5-6/h1,3,6H2,2H3.